The number of piperidine rings is 1. The molecule has 2 aliphatic rings. The van der Waals surface area contributed by atoms with Gasteiger partial charge in [-0.2, -0.15) is 0 Å². The van der Waals surface area contributed by atoms with E-state index in [4.69, 9.17) is 9.15 Å². The highest BCUT2D eigenvalue weighted by molar-refractivity contribution is 5.67. The summed E-state index contributed by atoms with van der Waals surface area (Å²) in [7, 11) is 1.68. The van der Waals surface area contributed by atoms with Crippen LogP contribution in [0.5, 0.6) is 5.75 Å². The summed E-state index contributed by atoms with van der Waals surface area (Å²) >= 11 is 0. The van der Waals surface area contributed by atoms with Gasteiger partial charge in [0.15, 0.2) is 0 Å². The molecule has 2 aromatic rings. The lowest BCUT2D eigenvalue weighted by atomic mass is 9.84. The number of anilines is 1. The number of nitrogens with zero attached hydrogens (tertiary/aromatic N) is 1. The molecule has 1 aromatic carbocycles. The third-order valence-electron chi connectivity index (χ3n) is 7.17. The van der Waals surface area contributed by atoms with Gasteiger partial charge in [-0.05, 0) is 61.8 Å². The van der Waals surface area contributed by atoms with Crippen LogP contribution in [-0.2, 0) is 0 Å². The van der Waals surface area contributed by atoms with Crippen LogP contribution in [0.1, 0.15) is 32.6 Å². The Hall–Kier alpha value is -2.54. The Morgan fingerprint density at radius 2 is 2.15 bits per heavy atom. The first kappa shape index (κ1) is 24.6. The van der Waals surface area contributed by atoms with Gasteiger partial charge in [0.05, 0.1) is 26.1 Å². The zero-order valence-corrected chi connectivity index (χ0v) is 20.3. The maximum Gasteiger partial charge on any atom is 0.134 e. The maximum absolute atomic E-state index is 9.86. The van der Waals surface area contributed by atoms with Crippen molar-refractivity contribution in [2.24, 2.45) is 11.8 Å². The first-order valence-corrected chi connectivity index (χ1v) is 12.4. The summed E-state index contributed by atoms with van der Waals surface area (Å²) in [5.74, 6) is 2.63. The summed E-state index contributed by atoms with van der Waals surface area (Å²) in [6.07, 6.45) is 11.9. The molecular weight excluding hydrogens is 428 g/mol. The van der Waals surface area contributed by atoms with Crippen LogP contribution < -0.4 is 10.1 Å². The molecule has 0 radical (unpaired) electrons. The second kappa shape index (κ2) is 11.7. The smallest absolute Gasteiger partial charge is 0.134 e. The highest BCUT2D eigenvalue weighted by atomic mass is 16.5. The highest BCUT2D eigenvalue weighted by Crippen LogP contribution is 2.30. The highest BCUT2D eigenvalue weighted by Gasteiger charge is 2.26. The number of hydrogen-bond acceptors (Lipinski definition) is 6. The van der Waals surface area contributed by atoms with Crippen molar-refractivity contribution in [3.8, 4) is 17.1 Å². The lowest BCUT2D eigenvalue weighted by Gasteiger charge is -2.37. The molecule has 4 rings (SSSR count). The van der Waals surface area contributed by atoms with Crippen LogP contribution in [0, 0.1) is 11.8 Å². The van der Waals surface area contributed by atoms with E-state index in [2.05, 4.69) is 41.4 Å². The molecule has 0 saturated carbocycles. The summed E-state index contributed by atoms with van der Waals surface area (Å²) < 4.78 is 11.0. The first-order chi connectivity index (χ1) is 16.6. The minimum absolute atomic E-state index is 0.0816. The summed E-state index contributed by atoms with van der Waals surface area (Å²) in [6.45, 7) is 5.08. The van der Waals surface area contributed by atoms with Crippen molar-refractivity contribution in [3.63, 3.8) is 0 Å². The number of benzene rings is 1. The zero-order chi connectivity index (χ0) is 23.9. The molecule has 4 atom stereocenters. The topological polar surface area (TPSA) is 78.1 Å². The molecule has 3 N–H and O–H groups in total. The third-order valence-corrected chi connectivity index (χ3v) is 7.17. The molecule has 1 aliphatic heterocycles. The van der Waals surface area contributed by atoms with Gasteiger partial charge in [-0.25, -0.2) is 0 Å². The molecule has 1 fully saturated rings. The third kappa shape index (κ3) is 6.32. The number of nitrogens with one attached hydrogen (secondary N) is 1. The fourth-order valence-corrected chi connectivity index (χ4v) is 5.09. The fraction of sp³-hybridized carbons (Fsp3) is 0.500. The number of aliphatic hydroxyl groups is 2. The predicted octanol–water partition coefficient (Wildman–Crippen LogP) is 4.71. The van der Waals surface area contributed by atoms with Gasteiger partial charge in [0.1, 0.15) is 11.5 Å². The van der Waals surface area contributed by atoms with E-state index >= 15 is 0 Å². The molecule has 6 heteroatoms. The molecule has 2 heterocycles. The monoisotopic (exact) mass is 466 g/mol. The van der Waals surface area contributed by atoms with Crippen molar-refractivity contribution < 1.29 is 19.4 Å². The van der Waals surface area contributed by atoms with E-state index in [1.165, 1.54) is 5.57 Å². The van der Waals surface area contributed by atoms with E-state index in [1.54, 1.807) is 13.4 Å². The Morgan fingerprint density at radius 1 is 1.26 bits per heavy atom. The zero-order valence-electron chi connectivity index (χ0n) is 20.3. The molecule has 1 saturated heterocycles. The molecule has 0 spiro atoms. The fourth-order valence-electron chi connectivity index (χ4n) is 5.09. The van der Waals surface area contributed by atoms with Crippen molar-refractivity contribution in [3.05, 3.63) is 60.4 Å². The standard InChI is InChI=1S/C28H38N2O4/c1-20-14-21(8-11-30-12-9-26(32)18-25(30)19-31)5-6-22(20)7-10-29-24-15-23(16-27(17-24)33-2)28-4-3-13-34-28/h3-6,13-17,20,22,25-26,29,31-32H,7-12,18-19H2,1-2H3/t20?,22-,25?,26?/m1/s1. The number of allylic oxidation sites excluding steroid dienone is 3. The number of rotatable bonds is 10. The number of methoxy groups -OCH3 is 1. The Kier molecular flexibility index (Phi) is 8.48. The Morgan fingerprint density at radius 3 is 2.88 bits per heavy atom. The van der Waals surface area contributed by atoms with Crippen LogP contribution in [0.4, 0.5) is 5.69 Å². The predicted molar refractivity (Wildman–Crippen MR) is 136 cm³/mol. The quantitative estimate of drug-likeness (QED) is 0.471. The van der Waals surface area contributed by atoms with Crippen LogP contribution in [0.3, 0.4) is 0 Å². The average molecular weight is 467 g/mol. The van der Waals surface area contributed by atoms with Gasteiger partial charge in [-0.1, -0.05) is 30.7 Å². The van der Waals surface area contributed by atoms with Gasteiger partial charge in [0.2, 0.25) is 0 Å². The number of hydrogen-bond donors (Lipinski definition) is 3. The van der Waals surface area contributed by atoms with Crippen LogP contribution >= 0.6 is 0 Å². The van der Waals surface area contributed by atoms with E-state index < -0.39 is 0 Å². The van der Waals surface area contributed by atoms with Gasteiger partial charge in [-0.3, -0.25) is 4.90 Å². The van der Waals surface area contributed by atoms with E-state index in [9.17, 15) is 10.2 Å². The second-order valence-electron chi connectivity index (χ2n) is 9.57. The largest absolute Gasteiger partial charge is 0.497 e. The maximum atomic E-state index is 9.86. The molecular formula is C28H38N2O4. The van der Waals surface area contributed by atoms with Gasteiger partial charge in [-0.15, -0.1) is 0 Å². The van der Waals surface area contributed by atoms with Gasteiger partial charge in [0, 0.05) is 43.0 Å². The van der Waals surface area contributed by atoms with Crippen LogP contribution in [0.25, 0.3) is 11.3 Å². The molecule has 1 aromatic heterocycles. The normalized spacial score (nSPS) is 25.2. The van der Waals surface area contributed by atoms with E-state index in [-0.39, 0.29) is 18.8 Å². The van der Waals surface area contributed by atoms with Crippen molar-refractivity contribution in [2.75, 3.05) is 38.7 Å². The van der Waals surface area contributed by atoms with Crippen LogP contribution in [0.2, 0.25) is 0 Å². The Labute approximate surface area is 202 Å². The lowest BCUT2D eigenvalue weighted by Crippen LogP contribution is -2.46. The van der Waals surface area contributed by atoms with Gasteiger partial charge >= 0.3 is 0 Å². The SMILES string of the molecule is COc1cc(NCC[C@H]2C=CC(CCN3CCC(O)CC3CO)=CC2C)cc(-c2ccco2)c1. The van der Waals surface area contributed by atoms with E-state index in [0.717, 1.165) is 61.7 Å². The van der Waals surface area contributed by atoms with Crippen molar-refractivity contribution in [1.82, 2.24) is 4.90 Å². The van der Waals surface area contributed by atoms with Gasteiger partial charge in [0.25, 0.3) is 0 Å². The first-order valence-electron chi connectivity index (χ1n) is 12.4. The Balaban J connectivity index is 1.26. The van der Waals surface area contributed by atoms with Crippen molar-refractivity contribution in [2.45, 2.75) is 44.8 Å². The summed E-state index contributed by atoms with van der Waals surface area (Å²) in [5, 5.41) is 23.1. The minimum Gasteiger partial charge on any atom is -0.497 e. The molecule has 0 bridgehead atoms. The number of likely N-dealkylation sites (tertiary alicyclic amines) is 1. The minimum atomic E-state index is -0.273. The molecule has 3 unspecified atom stereocenters. The molecule has 184 valence electrons. The summed E-state index contributed by atoms with van der Waals surface area (Å²) in [5.41, 5.74) is 3.40. The second-order valence-corrected chi connectivity index (χ2v) is 9.57. The molecule has 1 aliphatic carbocycles. The summed E-state index contributed by atoms with van der Waals surface area (Å²) in [6, 6.07) is 10.0. The summed E-state index contributed by atoms with van der Waals surface area (Å²) in [4.78, 5) is 2.33. The number of aliphatic hydroxyl groups excluding tert-OH is 2. The van der Waals surface area contributed by atoms with Crippen LogP contribution in [-0.4, -0.2) is 60.6 Å². The Bertz CT molecular complexity index is 969. The lowest BCUT2D eigenvalue weighted by molar-refractivity contribution is 0.0178. The van der Waals surface area contributed by atoms with Crippen molar-refractivity contribution >= 4 is 5.69 Å². The van der Waals surface area contributed by atoms with Crippen molar-refractivity contribution in [1.29, 1.82) is 0 Å². The molecule has 0 amide bonds. The van der Waals surface area contributed by atoms with Crippen LogP contribution in [0.15, 0.2) is 64.8 Å². The number of furan rings is 1. The van der Waals surface area contributed by atoms with E-state index in [1.807, 2.05) is 24.3 Å². The average Bonchev–Trinajstić information content (AvgIpc) is 3.39. The molecule has 34 heavy (non-hydrogen) atoms. The van der Waals surface area contributed by atoms with E-state index in [0.29, 0.717) is 18.3 Å². The number of ether oxygens (including phenoxy) is 1. The van der Waals surface area contributed by atoms with Gasteiger partial charge < -0.3 is 24.7 Å². The molecule has 6 nitrogen and oxygen atoms in total.